The Hall–Kier alpha value is -1.58. The zero-order valence-corrected chi connectivity index (χ0v) is 20.0. The minimum absolute atomic E-state index is 0.159. The van der Waals surface area contributed by atoms with E-state index in [1.807, 2.05) is 48.5 Å². The Morgan fingerprint density at radius 3 is 2.50 bits per heavy atom. The number of guanidine groups is 1. The Morgan fingerprint density at radius 2 is 1.90 bits per heavy atom. The van der Waals surface area contributed by atoms with Crippen molar-refractivity contribution in [2.24, 2.45) is 4.99 Å². The molecule has 2 N–H and O–H groups in total. The molecule has 1 fully saturated rings. The summed E-state index contributed by atoms with van der Waals surface area (Å²) in [6, 6.07) is -0.220. The largest absolute Gasteiger partial charge is 0.444 e. The molecule has 0 aromatic rings. The van der Waals surface area contributed by atoms with E-state index >= 15 is 0 Å². The third-order valence-electron chi connectivity index (χ3n) is 4.49. The molecule has 0 aliphatic carbocycles. The van der Waals surface area contributed by atoms with Gasteiger partial charge in [0.15, 0.2) is 5.96 Å². The number of nitrogens with zero attached hydrogens (tertiary/aromatic N) is 2. The highest BCUT2D eigenvalue weighted by Gasteiger charge is 2.49. The summed E-state index contributed by atoms with van der Waals surface area (Å²) in [5.74, 6) is 0.704. The van der Waals surface area contributed by atoms with Crippen LogP contribution in [0.25, 0.3) is 0 Å². The minimum atomic E-state index is -0.757. The molecular weight excluding hydrogens is 388 g/mol. The normalized spacial score (nSPS) is 21.6. The second kappa shape index (κ2) is 12.3. The maximum atomic E-state index is 12.8. The predicted octanol–water partition coefficient (Wildman–Crippen LogP) is 2.36. The Kier molecular flexibility index (Phi) is 10.9. The number of methoxy groups -OCH3 is 1. The molecule has 1 amide bonds. The molecule has 0 saturated carbocycles. The van der Waals surface area contributed by atoms with Gasteiger partial charge in [0.25, 0.3) is 0 Å². The van der Waals surface area contributed by atoms with Gasteiger partial charge in [-0.2, -0.15) is 0 Å². The van der Waals surface area contributed by atoms with Crippen molar-refractivity contribution in [3.8, 4) is 0 Å². The zero-order valence-electron chi connectivity index (χ0n) is 20.0. The van der Waals surface area contributed by atoms with Crippen molar-refractivity contribution in [1.29, 1.82) is 0 Å². The van der Waals surface area contributed by atoms with Crippen molar-refractivity contribution in [2.75, 3.05) is 46.6 Å². The summed E-state index contributed by atoms with van der Waals surface area (Å²) in [4.78, 5) is 19.2. The summed E-state index contributed by atoms with van der Waals surface area (Å²) >= 11 is 0. The molecule has 2 unspecified atom stereocenters. The highest BCUT2D eigenvalue weighted by atomic mass is 16.6. The van der Waals surface area contributed by atoms with Crippen molar-refractivity contribution in [3.05, 3.63) is 0 Å². The van der Waals surface area contributed by atoms with Crippen LogP contribution in [-0.2, 0) is 18.9 Å². The van der Waals surface area contributed by atoms with Crippen LogP contribution in [0.15, 0.2) is 4.99 Å². The predicted molar refractivity (Wildman–Crippen MR) is 118 cm³/mol. The molecule has 0 aromatic carbocycles. The SMILES string of the molecule is CCNC(=NCC1C(C)OC(C)(C)N1C(=O)OC(C)(C)C)NCCCOCCOC. The number of hydrogen-bond acceptors (Lipinski definition) is 6. The van der Waals surface area contributed by atoms with Crippen LogP contribution in [0.5, 0.6) is 0 Å². The Balaban J connectivity index is 2.71. The minimum Gasteiger partial charge on any atom is -0.444 e. The Bertz CT molecular complexity index is 548. The van der Waals surface area contributed by atoms with E-state index in [9.17, 15) is 4.79 Å². The maximum Gasteiger partial charge on any atom is 0.412 e. The summed E-state index contributed by atoms with van der Waals surface area (Å²) in [6.07, 6.45) is 0.310. The summed E-state index contributed by atoms with van der Waals surface area (Å²) in [6.45, 7) is 17.1. The van der Waals surface area contributed by atoms with Gasteiger partial charge < -0.3 is 29.6 Å². The number of carbonyl (C=O) groups is 1. The monoisotopic (exact) mass is 430 g/mol. The van der Waals surface area contributed by atoms with Crippen molar-refractivity contribution in [1.82, 2.24) is 15.5 Å². The molecule has 9 heteroatoms. The second-order valence-corrected chi connectivity index (χ2v) is 8.79. The summed E-state index contributed by atoms with van der Waals surface area (Å²) in [7, 11) is 1.66. The van der Waals surface area contributed by atoms with Gasteiger partial charge in [0.1, 0.15) is 11.3 Å². The second-order valence-electron chi connectivity index (χ2n) is 8.79. The number of carbonyl (C=O) groups excluding carboxylic acids is 1. The first-order valence-corrected chi connectivity index (χ1v) is 10.8. The van der Waals surface area contributed by atoms with Crippen LogP contribution in [0.4, 0.5) is 4.79 Å². The number of nitrogens with one attached hydrogen (secondary N) is 2. The molecule has 30 heavy (non-hydrogen) atoms. The zero-order chi connectivity index (χ0) is 22.8. The molecule has 1 aliphatic rings. The summed E-state index contributed by atoms with van der Waals surface area (Å²) < 4.78 is 22.1. The lowest BCUT2D eigenvalue weighted by molar-refractivity contribution is -0.0755. The average Bonchev–Trinajstić information content (AvgIpc) is 2.85. The van der Waals surface area contributed by atoms with Crippen molar-refractivity contribution in [3.63, 3.8) is 0 Å². The van der Waals surface area contributed by atoms with Crippen LogP contribution in [-0.4, -0.2) is 87.0 Å². The van der Waals surface area contributed by atoms with E-state index < -0.39 is 11.3 Å². The lowest BCUT2D eigenvalue weighted by atomic mass is 10.1. The first-order valence-electron chi connectivity index (χ1n) is 10.8. The number of ether oxygens (including phenoxy) is 4. The third-order valence-corrected chi connectivity index (χ3v) is 4.49. The Labute approximate surface area is 181 Å². The van der Waals surface area contributed by atoms with Gasteiger partial charge in [-0.3, -0.25) is 9.89 Å². The number of amides is 1. The van der Waals surface area contributed by atoms with Crippen LogP contribution in [0.3, 0.4) is 0 Å². The lowest BCUT2D eigenvalue weighted by Gasteiger charge is -2.34. The molecule has 0 spiro atoms. The first-order chi connectivity index (χ1) is 14.0. The van der Waals surface area contributed by atoms with Gasteiger partial charge in [-0.05, 0) is 54.9 Å². The molecule has 1 heterocycles. The van der Waals surface area contributed by atoms with E-state index in [2.05, 4.69) is 10.6 Å². The molecule has 1 aliphatic heterocycles. The van der Waals surface area contributed by atoms with Gasteiger partial charge in [-0.15, -0.1) is 0 Å². The van der Waals surface area contributed by atoms with Crippen LogP contribution in [0.1, 0.15) is 54.9 Å². The van der Waals surface area contributed by atoms with E-state index in [0.29, 0.717) is 32.3 Å². The topological polar surface area (TPSA) is 93.7 Å². The molecule has 0 radical (unpaired) electrons. The van der Waals surface area contributed by atoms with E-state index in [4.69, 9.17) is 23.9 Å². The van der Waals surface area contributed by atoms with Crippen molar-refractivity contribution < 1.29 is 23.7 Å². The smallest absolute Gasteiger partial charge is 0.412 e. The standard InChI is InChI=1S/C21H42N4O5/c1-9-22-18(23-11-10-12-28-14-13-27-8)24-15-17-16(2)29-21(6,7)25(17)19(26)30-20(3,4)5/h16-17H,9-15H2,1-8H3,(H2,22,23,24). The summed E-state index contributed by atoms with van der Waals surface area (Å²) in [5, 5.41) is 6.54. The van der Waals surface area contributed by atoms with E-state index in [-0.39, 0.29) is 18.2 Å². The molecule has 176 valence electrons. The molecule has 0 aromatic heterocycles. The van der Waals surface area contributed by atoms with E-state index in [1.54, 1.807) is 12.0 Å². The molecule has 1 rings (SSSR count). The van der Waals surface area contributed by atoms with Crippen LogP contribution >= 0.6 is 0 Å². The third kappa shape index (κ3) is 9.06. The number of hydrogen-bond donors (Lipinski definition) is 2. The van der Waals surface area contributed by atoms with Crippen LogP contribution < -0.4 is 10.6 Å². The quantitative estimate of drug-likeness (QED) is 0.312. The van der Waals surface area contributed by atoms with Gasteiger partial charge >= 0.3 is 6.09 Å². The fraction of sp³-hybridized carbons (Fsp3) is 0.905. The average molecular weight is 431 g/mol. The summed E-state index contributed by atoms with van der Waals surface area (Å²) in [5.41, 5.74) is -1.33. The lowest BCUT2D eigenvalue weighted by Crippen LogP contribution is -2.51. The maximum absolute atomic E-state index is 12.8. The molecule has 2 atom stereocenters. The highest BCUT2D eigenvalue weighted by molar-refractivity contribution is 5.79. The Morgan fingerprint density at radius 1 is 1.20 bits per heavy atom. The fourth-order valence-corrected chi connectivity index (χ4v) is 3.25. The van der Waals surface area contributed by atoms with E-state index in [0.717, 1.165) is 19.5 Å². The van der Waals surface area contributed by atoms with Gasteiger partial charge in [0, 0.05) is 26.8 Å². The van der Waals surface area contributed by atoms with Crippen molar-refractivity contribution in [2.45, 2.75) is 78.4 Å². The number of aliphatic imine (C=N–C) groups is 1. The fourth-order valence-electron chi connectivity index (χ4n) is 3.25. The van der Waals surface area contributed by atoms with Gasteiger partial charge in [0.2, 0.25) is 0 Å². The van der Waals surface area contributed by atoms with Crippen LogP contribution in [0, 0.1) is 0 Å². The molecule has 0 bridgehead atoms. The number of rotatable bonds is 10. The highest BCUT2D eigenvalue weighted by Crippen LogP contribution is 2.33. The first kappa shape index (κ1) is 26.5. The van der Waals surface area contributed by atoms with Crippen molar-refractivity contribution >= 4 is 12.1 Å². The van der Waals surface area contributed by atoms with Gasteiger partial charge in [-0.25, -0.2) is 4.79 Å². The molecule has 1 saturated heterocycles. The van der Waals surface area contributed by atoms with Crippen LogP contribution in [0.2, 0.25) is 0 Å². The van der Waals surface area contributed by atoms with Gasteiger partial charge in [0.05, 0.1) is 31.9 Å². The van der Waals surface area contributed by atoms with Gasteiger partial charge in [-0.1, -0.05) is 0 Å². The molecule has 9 nitrogen and oxygen atoms in total. The molecular formula is C21H42N4O5. The van der Waals surface area contributed by atoms with E-state index in [1.165, 1.54) is 0 Å².